The van der Waals surface area contributed by atoms with Crippen molar-refractivity contribution in [2.45, 2.75) is 64.0 Å². The summed E-state index contributed by atoms with van der Waals surface area (Å²) in [6.07, 6.45) is 8.70. The van der Waals surface area contributed by atoms with Crippen LogP contribution >= 0.6 is 0 Å². The number of alkyl halides is 2. The minimum atomic E-state index is -4.40. The van der Waals surface area contributed by atoms with E-state index in [2.05, 4.69) is 26.1 Å². The van der Waals surface area contributed by atoms with Gasteiger partial charge in [-0.25, -0.2) is 18.5 Å². The van der Waals surface area contributed by atoms with Crippen LogP contribution in [0.5, 0.6) is 0 Å². The first kappa shape index (κ1) is 24.0. The number of anilines is 2. The monoisotopic (exact) mass is 508 g/mol. The number of nitrogens with zero attached hydrogens (tertiary/aromatic N) is 4. The lowest BCUT2D eigenvalue weighted by atomic mass is 9.99. The highest BCUT2D eigenvalue weighted by Crippen LogP contribution is 2.38. The van der Waals surface area contributed by atoms with Crippen molar-refractivity contribution >= 4 is 27.6 Å². The van der Waals surface area contributed by atoms with Crippen LogP contribution in [0.15, 0.2) is 18.5 Å². The number of nitrogens with one attached hydrogen (secondary N) is 2. The molecule has 3 aliphatic rings. The summed E-state index contributed by atoms with van der Waals surface area (Å²) in [5, 5.41) is 6.44. The smallest absolute Gasteiger partial charge is 0.307 e. The number of carbonyl (C=O) groups is 1. The van der Waals surface area contributed by atoms with Crippen molar-refractivity contribution in [1.29, 1.82) is 0 Å². The Bertz CT molecular complexity index is 1190. The van der Waals surface area contributed by atoms with Gasteiger partial charge in [-0.15, -0.1) is 0 Å². The molecule has 1 aromatic carbocycles. The maximum atomic E-state index is 13.5. The summed E-state index contributed by atoms with van der Waals surface area (Å²) in [6.45, 7) is -1.60. The number of hydrogen-bond donors (Lipinski definition) is 2. The van der Waals surface area contributed by atoms with Crippen LogP contribution in [0.3, 0.4) is 0 Å². The maximum Gasteiger partial charge on any atom is 0.334 e. The molecule has 1 aliphatic heterocycles. The third kappa shape index (κ3) is 4.73. The first-order valence-electron chi connectivity index (χ1n) is 12.0. The molecule has 0 radical (unpaired) electrons. The Labute approximate surface area is 203 Å². The predicted molar refractivity (Wildman–Crippen MR) is 128 cm³/mol. The van der Waals surface area contributed by atoms with Crippen LogP contribution in [-0.4, -0.2) is 55.3 Å². The summed E-state index contributed by atoms with van der Waals surface area (Å²) in [4.78, 5) is 15.1. The maximum absolute atomic E-state index is 13.5. The van der Waals surface area contributed by atoms with Gasteiger partial charge in [0.1, 0.15) is 0 Å². The molecule has 0 spiro atoms. The van der Waals surface area contributed by atoms with Crippen LogP contribution in [0, 0.1) is 0 Å². The lowest BCUT2D eigenvalue weighted by molar-refractivity contribution is 0.0566. The molecule has 9 nitrogen and oxygen atoms in total. The Kier molecular flexibility index (Phi) is 6.43. The number of urea groups is 1. The van der Waals surface area contributed by atoms with Gasteiger partial charge in [-0.1, -0.05) is 6.07 Å². The van der Waals surface area contributed by atoms with Crippen LogP contribution in [0.25, 0.3) is 0 Å². The minimum absolute atomic E-state index is 0.00153. The summed E-state index contributed by atoms with van der Waals surface area (Å²) in [5.41, 5.74) is 5.35. The van der Waals surface area contributed by atoms with Crippen molar-refractivity contribution in [3.63, 3.8) is 0 Å². The quantitative estimate of drug-likeness (QED) is 0.624. The van der Waals surface area contributed by atoms with Crippen molar-refractivity contribution in [3.05, 3.63) is 40.7 Å². The number of fused-ring (bicyclic) bond motifs is 2. The predicted octanol–water partition coefficient (Wildman–Crippen LogP) is 3.22. The van der Waals surface area contributed by atoms with Crippen LogP contribution in [0.2, 0.25) is 0 Å². The molecule has 1 saturated heterocycles. The Balaban J connectivity index is 1.41. The van der Waals surface area contributed by atoms with E-state index in [4.69, 9.17) is 0 Å². The van der Waals surface area contributed by atoms with E-state index in [1.54, 1.807) is 0 Å². The highest BCUT2D eigenvalue weighted by Gasteiger charge is 2.35. The number of amides is 2. The van der Waals surface area contributed by atoms with E-state index in [1.807, 2.05) is 7.05 Å². The second kappa shape index (κ2) is 9.38. The molecule has 5 rings (SSSR count). The van der Waals surface area contributed by atoms with Gasteiger partial charge < -0.3 is 10.2 Å². The average molecular weight is 509 g/mol. The molecule has 2 aromatic rings. The van der Waals surface area contributed by atoms with Crippen LogP contribution in [0.4, 0.5) is 25.0 Å². The molecular weight excluding hydrogens is 478 g/mol. The highest BCUT2D eigenvalue weighted by atomic mass is 32.2. The van der Waals surface area contributed by atoms with Crippen molar-refractivity contribution in [1.82, 2.24) is 19.4 Å². The highest BCUT2D eigenvalue weighted by molar-refractivity contribution is 7.91. The van der Waals surface area contributed by atoms with Gasteiger partial charge in [0.2, 0.25) is 0 Å². The molecule has 1 aromatic heterocycles. The SMILES string of the molecule is CN1CCC(N(c2cnn(C(F)F)c2)S(=O)(=O)NC(=O)Nc2c3c(cc4c2CCC4)CCC3)CC1. The first-order chi connectivity index (χ1) is 16.7. The van der Waals surface area contributed by atoms with E-state index < -0.39 is 28.8 Å². The Morgan fingerprint density at radius 2 is 1.74 bits per heavy atom. The number of aryl methyl sites for hydroxylation is 2. The van der Waals surface area contributed by atoms with Crippen molar-refractivity contribution < 1.29 is 22.0 Å². The molecular formula is C23H30F2N6O3S. The summed E-state index contributed by atoms with van der Waals surface area (Å²) in [6, 6.07) is 0.892. The van der Waals surface area contributed by atoms with E-state index in [1.165, 1.54) is 11.1 Å². The van der Waals surface area contributed by atoms with Gasteiger partial charge in [-0.3, -0.25) is 0 Å². The molecule has 2 amide bonds. The molecule has 2 aliphatic carbocycles. The van der Waals surface area contributed by atoms with E-state index in [-0.39, 0.29) is 5.69 Å². The first-order valence-corrected chi connectivity index (χ1v) is 13.5. The lowest BCUT2D eigenvalue weighted by Gasteiger charge is -2.36. The third-order valence-electron chi connectivity index (χ3n) is 7.25. The fourth-order valence-corrected chi connectivity index (χ4v) is 6.96. The summed E-state index contributed by atoms with van der Waals surface area (Å²) in [5.74, 6) is 0. The third-order valence-corrected chi connectivity index (χ3v) is 8.72. The molecule has 0 saturated carbocycles. The van der Waals surface area contributed by atoms with Crippen molar-refractivity contribution in [3.8, 4) is 0 Å². The van der Waals surface area contributed by atoms with Gasteiger partial charge in [-0.05, 0) is 93.8 Å². The van der Waals surface area contributed by atoms with Gasteiger partial charge in [0.25, 0.3) is 0 Å². The van der Waals surface area contributed by atoms with E-state index in [9.17, 15) is 22.0 Å². The Morgan fingerprint density at radius 1 is 1.11 bits per heavy atom. The van der Waals surface area contributed by atoms with Gasteiger partial charge in [0.15, 0.2) is 0 Å². The zero-order valence-electron chi connectivity index (χ0n) is 19.6. The molecule has 0 bridgehead atoms. The number of hydrogen-bond acceptors (Lipinski definition) is 5. The second-order valence-corrected chi connectivity index (χ2v) is 11.1. The van der Waals surface area contributed by atoms with Gasteiger partial charge in [0.05, 0.1) is 18.1 Å². The van der Waals surface area contributed by atoms with E-state index >= 15 is 0 Å². The summed E-state index contributed by atoms with van der Waals surface area (Å²) >= 11 is 0. The van der Waals surface area contributed by atoms with E-state index in [0.29, 0.717) is 30.6 Å². The number of likely N-dealkylation sites (tertiary alicyclic amines) is 1. The average Bonchev–Trinajstić information content (AvgIpc) is 3.55. The second-order valence-electron chi connectivity index (χ2n) is 9.58. The number of rotatable bonds is 6. The zero-order valence-corrected chi connectivity index (χ0v) is 20.5. The van der Waals surface area contributed by atoms with Gasteiger partial charge in [0, 0.05) is 11.7 Å². The number of halogens is 2. The minimum Gasteiger partial charge on any atom is -0.307 e. The molecule has 190 valence electrons. The van der Waals surface area contributed by atoms with Crippen molar-refractivity contribution in [2.24, 2.45) is 0 Å². The normalized spacial score (nSPS) is 18.5. The molecule has 35 heavy (non-hydrogen) atoms. The van der Waals surface area contributed by atoms with Crippen LogP contribution in [-0.2, 0) is 35.9 Å². The molecule has 0 unspecified atom stereocenters. The zero-order chi connectivity index (χ0) is 24.7. The Hall–Kier alpha value is -2.73. The topological polar surface area (TPSA) is 99.6 Å². The Morgan fingerprint density at radius 3 is 2.31 bits per heavy atom. The number of carbonyl (C=O) groups excluding carboxylic acids is 1. The lowest BCUT2D eigenvalue weighted by Crippen LogP contribution is -2.52. The van der Waals surface area contributed by atoms with E-state index in [0.717, 1.165) is 72.0 Å². The van der Waals surface area contributed by atoms with Crippen LogP contribution < -0.4 is 14.3 Å². The molecule has 12 heteroatoms. The van der Waals surface area contributed by atoms with Crippen molar-refractivity contribution in [2.75, 3.05) is 29.8 Å². The largest absolute Gasteiger partial charge is 0.334 e. The van der Waals surface area contributed by atoms with Gasteiger partial charge in [-0.2, -0.15) is 22.3 Å². The standard InChI is InChI=1S/C23H30F2N6O3S/c1-29-10-8-17(9-11-29)31(18-13-26-30(14-18)22(24)25)35(33,34)28-23(32)27-21-19-6-2-4-15(19)12-16-5-3-7-20(16)21/h12-14,17,22H,2-11H2,1H3,(H2,27,28,32). The summed E-state index contributed by atoms with van der Waals surface area (Å²) in [7, 11) is -2.46. The molecule has 1 fully saturated rings. The molecule has 0 atom stereocenters. The van der Waals surface area contributed by atoms with Gasteiger partial charge >= 0.3 is 22.8 Å². The van der Waals surface area contributed by atoms with Crippen LogP contribution in [0.1, 0.15) is 54.5 Å². The fraction of sp³-hybridized carbons (Fsp3) is 0.565. The molecule has 2 heterocycles. The number of piperidine rings is 1. The number of benzene rings is 1. The number of aromatic nitrogens is 2. The summed E-state index contributed by atoms with van der Waals surface area (Å²) < 4.78 is 56.8. The molecule has 2 N–H and O–H groups in total. The fourth-order valence-electron chi connectivity index (χ4n) is 5.60.